The molecule has 3 rings (SSSR count). The van der Waals surface area contributed by atoms with Gasteiger partial charge in [-0.15, -0.1) is 0 Å². The fraction of sp³-hybridized carbons (Fsp3) is 0.333. The molecule has 1 aliphatic rings. The van der Waals surface area contributed by atoms with E-state index in [9.17, 15) is 24.3 Å². The second kappa shape index (κ2) is 7.48. The number of hydrogen-bond acceptors (Lipinski definition) is 5. The molecule has 0 unspecified atom stereocenters. The van der Waals surface area contributed by atoms with Gasteiger partial charge in [0.05, 0.1) is 12.2 Å². The Bertz CT molecular complexity index is 990. The van der Waals surface area contributed by atoms with Crippen molar-refractivity contribution < 1.29 is 19.4 Å². The number of aromatic carboxylic acids is 1. The van der Waals surface area contributed by atoms with Crippen LogP contribution in [-0.2, 0) is 17.7 Å². The van der Waals surface area contributed by atoms with Gasteiger partial charge in [0, 0.05) is 19.3 Å². The smallest absolute Gasteiger partial charge is 0.409 e. The standard InChI is InChI=1S/C18H19N3O6/c1-2-20-15(22)14(16(23)24)11-21(17(20)25)13-5-3-12(4-6-13)7-8-19-9-10-27-18(19)26/h3-6,11H,2,7-10H2,1H3,(H,23,24). The van der Waals surface area contributed by atoms with Gasteiger partial charge in [-0.25, -0.2) is 14.4 Å². The van der Waals surface area contributed by atoms with Crippen molar-refractivity contribution in [1.29, 1.82) is 0 Å². The highest BCUT2D eigenvalue weighted by Gasteiger charge is 2.21. The predicted octanol–water partition coefficient (Wildman–Crippen LogP) is 0.712. The second-order valence-electron chi connectivity index (χ2n) is 6.07. The Hall–Kier alpha value is -3.36. The molecule has 0 spiro atoms. The molecule has 1 aliphatic heterocycles. The van der Waals surface area contributed by atoms with Crippen LogP contribution in [0.2, 0.25) is 0 Å². The first-order chi connectivity index (χ1) is 12.9. The molecule has 142 valence electrons. The van der Waals surface area contributed by atoms with Gasteiger partial charge in [-0.05, 0) is 31.0 Å². The lowest BCUT2D eigenvalue weighted by Crippen LogP contribution is -2.41. The van der Waals surface area contributed by atoms with Crippen molar-refractivity contribution >= 4 is 12.1 Å². The monoisotopic (exact) mass is 373 g/mol. The van der Waals surface area contributed by atoms with Crippen LogP contribution in [-0.4, -0.2) is 50.9 Å². The fourth-order valence-electron chi connectivity index (χ4n) is 2.93. The molecule has 1 saturated heterocycles. The zero-order chi connectivity index (χ0) is 19.6. The number of carboxylic acid groups (broad SMARTS) is 1. The Morgan fingerprint density at radius 3 is 2.44 bits per heavy atom. The van der Waals surface area contributed by atoms with Crippen molar-refractivity contribution in [2.45, 2.75) is 19.9 Å². The van der Waals surface area contributed by atoms with Crippen LogP contribution in [0.5, 0.6) is 0 Å². The lowest BCUT2D eigenvalue weighted by molar-refractivity contribution is 0.0693. The molecular weight excluding hydrogens is 354 g/mol. The quantitative estimate of drug-likeness (QED) is 0.798. The van der Waals surface area contributed by atoms with Crippen LogP contribution in [0.4, 0.5) is 4.79 Å². The summed E-state index contributed by atoms with van der Waals surface area (Å²) in [6.07, 6.45) is 1.36. The van der Waals surface area contributed by atoms with Crippen molar-refractivity contribution in [3.05, 3.63) is 62.4 Å². The Labute approximate surface area is 154 Å². The zero-order valence-corrected chi connectivity index (χ0v) is 14.8. The minimum Gasteiger partial charge on any atom is -0.477 e. The molecule has 2 heterocycles. The van der Waals surface area contributed by atoms with Gasteiger partial charge in [-0.2, -0.15) is 0 Å². The number of cyclic esters (lactones) is 1. The molecule has 0 saturated carbocycles. The molecule has 27 heavy (non-hydrogen) atoms. The Kier molecular flexibility index (Phi) is 5.11. The highest BCUT2D eigenvalue weighted by atomic mass is 16.6. The third-order valence-corrected chi connectivity index (χ3v) is 4.45. The summed E-state index contributed by atoms with van der Waals surface area (Å²) in [5, 5.41) is 9.22. The van der Waals surface area contributed by atoms with E-state index >= 15 is 0 Å². The van der Waals surface area contributed by atoms with E-state index in [1.807, 2.05) is 0 Å². The van der Waals surface area contributed by atoms with E-state index in [0.717, 1.165) is 20.9 Å². The van der Waals surface area contributed by atoms with Gasteiger partial charge in [0.25, 0.3) is 5.56 Å². The molecule has 0 aliphatic carbocycles. The van der Waals surface area contributed by atoms with Gasteiger partial charge in [0.2, 0.25) is 0 Å². The molecule has 0 radical (unpaired) electrons. The summed E-state index contributed by atoms with van der Waals surface area (Å²) < 4.78 is 6.91. The van der Waals surface area contributed by atoms with E-state index in [4.69, 9.17) is 4.74 Å². The summed E-state index contributed by atoms with van der Waals surface area (Å²) in [4.78, 5) is 48.9. The molecule has 2 aromatic rings. The van der Waals surface area contributed by atoms with Gasteiger partial charge >= 0.3 is 17.8 Å². The minimum absolute atomic E-state index is 0.0722. The average molecular weight is 373 g/mol. The normalized spacial score (nSPS) is 13.7. The summed E-state index contributed by atoms with van der Waals surface area (Å²) in [6.45, 7) is 3.18. The number of nitrogens with zero attached hydrogens (tertiary/aromatic N) is 3. The Morgan fingerprint density at radius 2 is 1.89 bits per heavy atom. The third kappa shape index (κ3) is 3.62. The first-order valence-corrected chi connectivity index (χ1v) is 8.53. The molecule has 9 nitrogen and oxygen atoms in total. The van der Waals surface area contributed by atoms with Crippen molar-refractivity contribution in [2.75, 3.05) is 19.7 Å². The lowest BCUT2D eigenvalue weighted by atomic mass is 10.1. The van der Waals surface area contributed by atoms with Crippen LogP contribution in [0.15, 0.2) is 40.1 Å². The van der Waals surface area contributed by atoms with Crippen molar-refractivity contribution in [1.82, 2.24) is 14.0 Å². The third-order valence-electron chi connectivity index (χ3n) is 4.45. The van der Waals surface area contributed by atoms with E-state index in [2.05, 4.69) is 0 Å². The number of carbonyl (C=O) groups excluding carboxylic acids is 1. The number of amides is 1. The first-order valence-electron chi connectivity index (χ1n) is 8.53. The zero-order valence-electron chi connectivity index (χ0n) is 14.8. The molecule has 1 fully saturated rings. The van der Waals surface area contributed by atoms with Crippen molar-refractivity contribution in [3.8, 4) is 5.69 Å². The summed E-state index contributed by atoms with van der Waals surface area (Å²) in [5.74, 6) is -1.38. The van der Waals surface area contributed by atoms with Crippen LogP contribution < -0.4 is 11.2 Å². The maximum absolute atomic E-state index is 12.5. The van der Waals surface area contributed by atoms with Gasteiger partial charge < -0.3 is 14.7 Å². The molecule has 1 amide bonds. The Balaban J connectivity index is 1.87. The lowest BCUT2D eigenvalue weighted by Gasteiger charge is -2.13. The van der Waals surface area contributed by atoms with Crippen LogP contribution in [0.3, 0.4) is 0 Å². The number of hydrogen-bond donors (Lipinski definition) is 1. The van der Waals surface area contributed by atoms with E-state index in [1.54, 1.807) is 36.1 Å². The number of ether oxygens (including phenoxy) is 1. The van der Waals surface area contributed by atoms with Gasteiger partial charge in [-0.1, -0.05) is 12.1 Å². The molecule has 1 N–H and O–H groups in total. The summed E-state index contributed by atoms with van der Waals surface area (Å²) >= 11 is 0. The number of benzene rings is 1. The van der Waals surface area contributed by atoms with Crippen molar-refractivity contribution in [3.63, 3.8) is 0 Å². The predicted molar refractivity (Wildman–Crippen MR) is 95.6 cm³/mol. The molecule has 1 aromatic carbocycles. The molecule has 0 atom stereocenters. The average Bonchev–Trinajstić information content (AvgIpc) is 3.06. The van der Waals surface area contributed by atoms with Gasteiger partial charge in [0.1, 0.15) is 12.2 Å². The Morgan fingerprint density at radius 1 is 1.19 bits per heavy atom. The second-order valence-corrected chi connectivity index (χ2v) is 6.07. The van der Waals surface area contributed by atoms with E-state index in [0.29, 0.717) is 31.8 Å². The van der Waals surface area contributed by atoms with E-state index < -0.39 is 22.8 Å². The van der Waals surface area contributed by atoms with Crippen LogP contribution >= 0.6 is 0 Å². The van der Waals surface area contributed by atoms with Gasteiger partial charge in [0.15, 0.2) is 0 Å². The molecule has 0 bridgehead atoms. The molecular formula is C18H19N3O6. The number of aromatic nitrogens is 2. The van der Waals surface area contributed by atoms with Crippen molar-refractivity contribution in [2.24, 2.45) is 0 Å². The maximum atomic E-state index is 12.5. The largest absolute Gasteiger partial charge is 0.477 e. The fourth-order valence-corrected chi connectivity index (χ4v) is 2.93. The number of rotatable bonds is 6. The number of carboxylic acids is 1. The van der Waals surface area contributed by atoms with Crippen LogP contribution in [0.25, 0.3) is 5.69 Å². The van der Waals surface area contributed by atoms with Gasteiger partial charge in [-0.3, -0.25) is 13.9 Å². The summed E-state index contributed by atoms with van der Waals surface area (Å²) in [7, 11) is 0. The molecule has 1 aromatic heterocycles. The molecule has 9 heteroatoms. The first kappa shape index (κ1) is 18.4. The SMILES string of the molecule is CCn1c(=O)c(C(=O)O)cn(-c2ccc(CCN3CCOC3=O)cc2)c1=O. The highest BCUT2D eigenvalue weighted by molar-refractivity contribution is 5.86. The topological polar surface area (TPSA) is 111 Å². The summed E-state index contributed by atoms with van der Waals surface area (Å²) in [5.41, 5.74) is -0.476. The van der Waals surface area contributed by atoms with Crippen LogP contribution in [0, 0.1) is 0 Å². The maximum Gasteiger partial charge on any atom is 0.409 e. The highest BCUT2D eigenvalue weighted by Crippen LogP contribution is 2.11. The van der Waals surface area contributed by atoms with E-state index in [1.165, 1.54) is 0 Å². The van der Waals surface area contributed by atoms with E-state index in [-0.39, 0.29) is 12.6 Å². The summed E-state index contributed by atoms with van der Waals surface area (Å²) in [6, 6.07) is 6.94. The van der Waals surface area contributed by atoms with Crippen LogP contribution in [0.1, 0.15) is 22.8 Å². The number of carbonyl (C=O) groups is 2. The minimum atomic E-state index is -1.38.